The van der Waals surface area contributed by atoms with Crippen molar-refractivity contribution in [2.24, 2.45) is 5.73 Å². The van der Waals surface area contributed by atoms with Crippen LogP contribution in [0.25, 0.3) is 0 Å². The van der Waals surface area contributed by atoms with Crippen LogP contribution >= 0.6 is 0 Å². The molecule has 1 atom stereocenters. The van der Waals surface area contributed by atoms with Gasteiger partial charge in [0.05, 0.1) is 24.3 Å². The molecule has 0 fully saturated rings. The van der Waals surface area contributed by atoms with E-state index >= 15 is 0 Å². The Morgan fingerprint density at radius 3 is 2.93 bits per heavy atom. The van der Waals surface area contributed by atoms with E-state index in [2.05, 4.69) is 4.98 Å². The van der Waals surface area contributed by atoms with E-state index in [-0.39, 0.29) is 6.04 Å². The molecule has 3 heteroatoms. The van der Waals surface area contributed by atoms with Crippen molar-refractivity contribution in [3.63, 3.8) is 0 Å². The molecule has 3 nitrogen and oxygen atoms in total. The average Bonchev–Trinajstić information content (AvgIpc) is 2.70. The van der Waals surface area contributed by atoms with Crippen LogP contribution < -0.4 is 5.73 Å². The van der Waals surface area contributed by atoms with Crippen molar-refractivity contribution in [2.45, 2.75) is 13.0 Å². The minimum absolute atomic E-state index is 0.199. The topological polar surface area (TPSA) is 52.0 Å². The third kappa shape index (κ3) is 1.54. The SMILES string of the molecule is Cc1cccnc1C(N)c1ccoc1. The van der Waals surface area contributed by atoms with Crippen molar-refractivity contribution >= 4 is 0 Å². The number of aryl methyl sites for hydroxylation is 1. The Balaban J connectivity index is 2.37. The Bertz CT molecular complexity index is 409. The Morgan fingerprint density at radius 2 is 2.29 bits per heavy atom. The smallest absolute Gasteiger partial charge is 0.0954 e. The van der Waals surface area contributed by atoms with Crippen LogP contribution in [0.15, 0.2) is 41.3 Å². The summed E-state index contributed by atoms with van der Waals surface area (Å²) in [5, 5.41) is 0. The maximum Gasteiger partial charge on any atom is 0.0954 e. The zero-order valence-corrected chi connectivity index (χ0v) is 7.97. The van der Waals surface area contributed by atoms with E-state index in [0.717, 1.165) is 16.8 Å². The van der Waals surface area contributed by atoms with Crippen molar-refractivity contribution in [3.05, 3.63) is 53.7 Å². The van der Waals surface area contributed by atoms with E-state index in [9.17, 15) is 0 Å². The molecule has 0 aliphatic heterocycles. The molecule has 14 heavy (non-hydrogen) atoms. The van der Waals surface area contributed by atoms with Crippen LogP contribution in [0.5, 0.6) is 0 Å². The van der Waals surface area contributed by atoms with Crippen LogP contribution in [0, 0.1) is 6.92 Å². The number of pyridine rings is 1. The number of rotatable bonds is 2. The van der Waals surface area contributed by atoms with Gasteiger partial charge in [-0.3, -0.25) is 4.98 Å². The molecule has 2 aromatic heterocycles. The standard InChI is InChI=1S/C11H12N2O/c1-8-3-2-5-13-11(8)10(12)9-4-6-14-7-9/h2-7,10H,12H2,1H3. The lowest BCUT2D eigenvalue weighted by atomic mass is 10.0. The van der Waals surface area contributed by atoms with Crippen molar-refractivity contribution in [1.82, 2.24) is 4.98 Å². The summed E-state index contributed by atoms with van der Waals surface area (Å²) in [5.74, 6) is 0. The molecule has 0 spiro atoms. The molecule has 72 valence electrons. The second-order valence-electron chi connectivity index (χ2n) is 3.24. The second kappa shape index (κ2) is 3.64. The van der Waals surface area contributed by atoms with E-state index in [1.807, 2.05) is 25.1 Å². The van der Waals surface area contributed by atoms with Crippen LogP contribution in [0.1, 0.15) is 22.9 Å². The Kier molecular flexibility index (Phi) is 2.33. The molecule has 0 amide bonds. The fourth-order valence-electron chi connectivity index (χ4n) is 1.43. The van der Waals surface area contributed by atoms with Crippen molar-refractivity contribution in [1.29, 1.82) is 0 Å². The minimum atomic E-state index is -0.199. The molecule has 0 saturated carbocycles. The minimum Gasteiger partial charge on any atom is -0.472 e. The van der Waals surface area contributed by atoms with Gasteiger partial charge in [0.1, 0.15) is 0 Å². The summed E-state index contributed by atoms with van der Waals surface area (Å²) in [6.45, 7) is 2.00. The Labute approximate surface area is 82.6 Å². The summed E-state index contributed by atoms with van der Waals surface area (Å²) in [7, 11) is 0. The summed E-state index contributed by atoms with van der Waals surface area (Å²) in [6, 6.07) is 5.57. The summed E-state index contributed by atoms with van der Waals surface area (Å²) in [6.07, 6.45) is 5.02. The molecular formula is C11H12N2O. The van der Waals surface area contributed by atoms with E-state index in [1.165, 1.54) is 0 Å². The molecule has 2 heterocycles. The van der Waals surface area contributed by atoms with Gasteiger partial charge in [0.15, 0.2) is 0 Å². The molecule has 0 radical (unpaired) electrons. The molecule has 2 N–H and O–H groups in total. The van der Waals surface area contributed by atoms with E-state index in [1.54, 1.807) is 18.7 Å². The van der Waals surface area contributed by atoms with Crippen LogP contribution in [0.2, 0.25) is 0 Å². The Morgan fingerprint density at radius 1 is 1.43 bits per heavy atom. The number of nitrogens with zero attached hydrogens (tertiary/aromatic N) is 1. The highest BCUT2D eigenvalue weighted by Crippen LogP contribution is 2.20. The molecule has 2 aromatic rings. The molecule has 2 rings (SSSR count). The molecule has 0 aliphatic carbocycles. The second-order valence-corrected chi connectivity index (χ2v) is 3.24. The van der Waals surface area contributed by atoms with Gasteiger partial charge in [-0.1, -0.05) is 6.07 Å². The van der Waals surface area contributed by atoms with Gasteiger partial charge in [0.2, 0.25) is 0 Å². The summed E-state index contributed by atoms with van der Waals surface area (Å²) in [5.41, 5.74) is 8.99. The molecule has 0 bridgehead atoms. The summed E-state index contributed by atoms with van der Waals surface area (Å²) >= 11 is 0. The fourth-order valence-corrected chi connectivity index (χ4v) is 1.43. The molecule has 0 aromatic carbocycles. The maximum atomic E-state index is 6.04. The average molecular weight is 188 g/mol. The molecule has 0 saturated heterocycles. The fraction of sp³-hybridized carbons (Fsp3) is 0.182. The highest BCUT2D eigenvalue weighted by Gasteiger charge is 2.12. The van der Waals surface area contributed by atoms with Gasteiger partial charge in [-0.25, -0.2) is 0 Å². The van der Waals surface area contributed by atoms with Crippen molar-refractivity contribution < 1.29 is 4.42 Å². The maximum absolute atomic E-state index is 6.04. The van der Waals surface area contributed by atoms with Gasteiger partial charge in [-0.05, 0) is 24.6 Å². The highest BCUT2D eigenvalue weighted by molar-refractivity contribution is 5.29. The van der Waals surface area contributed by atoms with E-state index in [0.29, 0.717) is 0 Å². The zero-order chi connectivity index (χ0) is 9.97. The van der Waals surface area contributed by atoms with Gasteiger partial charge < -0.3 is 10.2 Å². The lowest BCUT2D eigenvalue weighted by Crippen LogP contribution is -2.13. The van der Waals surface area contributed by atoms with Crippen LogP contribution in [0.3, 0.4) is 0 Å². The largest absolute Gasteiger partial charge is 0.472 e. The quantitative estimate of drug-likeness (QED) is 0.784. The predicted octanol–water partition coefficient (Wildman–Crippen LogP) is 2.03. The third-order valence-corrected chi connectivity index (χ3v) is 2.25. The van der Waals surface area contributed by atoms with Gasteiger partial charge in [-0.15, -0.1) is 0 Å². The lowest BCUT2D eigenvalue weighted by molar-refractivity contribution is 0.561. The number of hydrogen-bond donors (Lipinski definition) is 1. The number of furan rings is 1. The van der Waals surface area contributed by atoms with Crippen LogP contribution in [-0.4, -0.2) is 4.98 Å². The third-order valence-electron chi connectivity index (χ3n) is 2.25. The van der Waals surface area contributed by atoms with E-state index in [4.69, 9.17) is 10.2 Å². The van der Waals surface area contributed by atoms with Crippen LogP contribution in [-0.2, 0) is 0 Å². The molecular weight excluding hydrogens is 176 g/mol. The van der Waals surface area contributed by atoms with E-state index < -0.39 is 0 Å². The number of nitrogens with two attached hydrogens (primary N) is 1. The first kappa shape index (κ1) is 8.97. The zero-order valence-electron chi connectivity index (χ0n) is 7.97. The van der Waals surface area contributed by atoms with Crippen molar-refractivity contribution in [2.75, 3.05) is 0 Å². The Hall–Kier alpha value is -1.61. The number of hydrogen-bond acceptors (Lipinski definition) is 3. The predicted molar refractivity (Wildman–Crippen MR) is 53.7 cm³/mol. The summed E-state index contributed by atoms with van der Waals surface area (Å²) < 4.78 is 4.99. The van der Waals surface area contributed by atoms with Gasteiger partial charge in [-0.2, -0.15) is 0 Å². The first-order chi connectivity index (χ1) is 6.79. The molecule has 1 unspecified atom stereocenters. The highest BCUT2D eigenvalue weighted by atomic mass is 16.3. The first-order valence-corrected chi connectivity index (χ1v) is 4.48. The van der Waals surface area contributed by atoms with Crippen molar-refractivity contribution in [3.8, 4) is 0 Å². The lowest BCUT2D eigenvalue weighted by Gasteiger charge is -2.10. The normalized spacial score (nSPS) is 12.7. The molecule has 0 aliphatic rings. The van der Waals surface area contributed by atoms with Gasteiger partial charge in [0, 0.05) is 11.8 Å². The summed E-state index contributed by atoms with van der Waals surface area (Å²) in [4.78, 5) is 4.27. The first-order valence-electron chi connectivity index (χ1n) is 4.48. The monoisotopic (exact) mass is 188 g/mol. The van der Waals surface area contributed by atoms with Crippen LogP contribution in [0.4, 0.5) is 0 Å². The number of aromatic nitrogens is 1. The van der Waals surface area contributed by atoms with Gasteiger partial charge in [0.25, 0.3) is 0 Å². The van der Waals surface area contributed by atoms with Gasteiger partial charge >= 0.3 is 0 Å².